The summed E-state index contributed by atoms with van der Waals surface area (Å²) in [6.07, 6.45) is 1.95. The Balaban J connectivity index is 2.28. The number of carbonyl (C=O) groups is 1. The molecule has 1 aliphatic heterocycles. The Bertz CT molecular complexity index is 731. The van der Waals surface area contributed by atoms with Crippen molar-refractivity contribution in [3.8, 4) is 5.75 Å². The molecule has 0 radical (unpaired) electrons. The Morgan fingerprint density at radius 2 is 1.88 bits per heavy atom. The third-order valence-electron chi connectivity index (χ3n) is 4.48. The van der Waals surface area contributed by atoms with Crippen molar-refractivity contribution in [2.45, 2.75) is 44.9 Å². The molecule has 6 nitrogen and oxygen atoms in total. The van der Waals surface area contributed by atoms with Gasteiger partial charge in [-0.1, -0.05) is 13.0 Å². The average molecular weight is 368 g/mol. The minimum Gasteiger partial charge on any atom is -0.495 e. The van der Waals surface area contributed by atoms with Crippen LogP contribution in [0.4, 0.5) is 0 Å². The summed E-state index contributed by atoms with van der Waals surface area (Å²) in [4.78, 5) is 14.1. The summed E-state index contributed by atoms with van der Waals surface area (Å²) in [5, 5.41) is 0. The van der Waals surface area contributed by atoms with E-state index in [1.54, 1.807) is 11.0 Å². The molecule has 7 heteroatoms. The van der Waals surface area contributed by atoms with E-state index in [1.807, 2.05) is 26.8 Å². The molecule has 1 fully saturated rings. The van der Waals surface area contributed by atoms with Crippen molar-refractivity contribution < 1.29 is 17.9 Å². The first kappa shape index (κ1) is 19.7. The third-order valence-corrected chi connectivity index (χ3v) is 6.38. The van der Waals surface area contributed by atoms with Gasteiger partial charge in [-0.05, 0) is 43.9 Å². The quantitative estimate of drug-likeness (QED) is 0.800. The van der Waals surface area contributed by atoms with Crippen LogP contribution in [0.25, 0.3) is 0 Å². The molecule has 1 aromatic rings. The van der Waals surface area contributed by atoms with E-state index in [1.165, 1.54) is 11.4 Å². The zero-order valence-electron chi connectivity index (χ0n) is 15.5. The molecule has 1 heterocycles. The lowest BCUT2D eigenvalue weighted by Crippen LogP contribution is -2.37. The molecular weight excluding hydrogens is 340 g/mol. The van der Waals surface area contributed by atoms with Crippen molar-refractivity contribution in [2.75, 3.05) is 33.3 Å². The normalized spacial score (nSPS) is 16.6. The van der Waals surface area contributed by atoms with Crippen molar-refractivity contribution >= 4 is 15.9 Å². The van der Waals surface area contributed by atoms with Crippen molar-refractivity contribution in [3.05, 3.63) is 23.3 Å². The molecular formula is C18H28N2O4S. The van der Waals surface area contributed by atoms with Crippen LogP contribution >= 0.6 is 0 Å². The number of hydrogen-bond donors (Lipinski definition) is 0. The van der Waals surface area contributed by atoms with E-state index >= 15 is 0 Å². The van der Waals surface area contributed by atoms with Crippen molar-refractivity contribution in [1.82, 2.24) is 9.21 Å². The Kier molecular flexibility index (Phi) is 6.46. The van der Waals surface area contributed by atoms with Crippen LogP contribution in [-0.2, 0) is 14.8 Å². The first-order valence-electron chi connectivity index (χ1n) is 8.74. The molecule has 0 N–H and O–H groups in total. The fraction of sp³-hybridized carbons (Fsp3) is 0.611. The highest BCUT2D eigenvalue weighted by atomic mass is 32.2. The second-order valence-corrected chi connectivity index (χ2v) is 8.41. The van der Waals surface area contributed by atoms with Crippen LogP contribution in [0, 0.1) is 13.8 Å². The highest BCUT2D eigenvalue weighted by Crippen LogP contribution is 2.31. The number of ether oxygens (including phenoxy) is 1. The number of benzene rings is 1. The van der Waals surface area contributed by atoms with Gasteiger partial charge in [-0.2, -0.15) is 4.31 Å². The molecule has 0 unspecified atom stereocenters. The number of carbonyl (C=O) groups excluding carboxylic acids is 1. The lowest BCUT2D eigenvalue weighted by molar-refractivity contribution is -0.131. The second-order valence-electron chi connectivity index (χ2n) is 6.50. The van der Waals surface area contributed by atoms with Gasteiger partial charge in [0.1, 0.15) is 10.6 Å². The first-order valence-corrected chi connectivity index (χ1v) is 10.2. The van der Waals surface area contributed by atoms with E-state index in [2.05, 4.69) is 0 Å². The van der Waals surface area contributed by atoms with Gasteiger partial charge in [-0.15, -0.1) is 0 Å². The molecule has 1 aliphatic rings. The molecule has 2 rings (SSSR count). The smallest absolute Gasteiger partial charge is 0.246 e. The van der Waals surface area contributed by atoms with E-state index in [0.29, 0.717) is 44.8 Å². The van der Waals surface area contributed by atoms with E-state index in [-0.39, 0.29) is 10.8 Å². The van der Waals surface area contributed by atoms with Crippen molar-refractivity contribution in [2.24, 2.45) is 0 Å². The number of hydrogen-bond acceptors (Lipinski definition) is 4. The van der Waals surface area contributed by atoms with E-state index in [9.17, 15) is 13.2 Å². The van der Waals surface area contributed by atoms with Gasteiger partial charge in [0.15, 0.2) is 0 Å². The summed E-state index contributed by atoms with van der Waals surface area (Å²) in [5.41, 5.74) is 1.68. The summed E-state index contributed by atoms with van der Waals surface area (Å²) in [7, 11) is -2.17. The maximum Gasteiger partial charge on any atom is 0.246 e. The minimum absolute atomic E-state index is 0.103. The third kappa shape index (κ3) is 4.33. The highest BCUT2D eigenvalue weighted by molar-refractivity contribution is 7.89. The predicted octanol–water partition coefficient (Wildman–Crippen LogP) is 2.34. The summed E-state index contributed by atoms with van der Waals surface area (Å²) >= 11 is 0. The van der Waals surface area contributed by atoms with Gasteiger partial charge in [0.05, 0.1) is 7.11 Å². The van der Waals surface area contributed by atoms with Gasteiger partial charge in [-0.25, -0.2) is 8.42 Å². The predicted molar refractivity (Wildman–Crippen MR) is 97.3 cm³/mol. The van der Waals surface area contributed by atoms with Crippen LogP contribution < -0.4 is 4.74 Å². The second kappa shape index (κ2) is 8.19. The lowest BCUT2D eigenvalue weighted by atomic mass is 10.1. The molecule has 1 saturated heterocycles. The molecule has 0 aliphatic carbocycles. The number of aryl methyl sites for hydroxylation is 2. The van der Waals surface area contributed by atoms with Crippen LogP contribution in [0.1, 0.15) is 37.3 Å². The van der Waals surface area contributed by atoms with Crippen LogP contribution in [-0.4, -0.2) is 56.8 Å². The van der Waals surface area contributed by atoms with Crippen LogP contribution in [0.2, 0.25) is 0 Å². The van der Waals surface area contributed by atoms with Gasteiger partial charge in [-0.3, -0.25) is 4.79 Å². The molecule has 0 bridgehead atoms. The van der Waals surface area contributed by atoms with Gasteiger partial charge >= 0.3 is 0 Å². The topological polar surface area (TPSA) is 66.9 Å². The van der Waals surface area contributed by atoms with Crippen molar-refractivity contribution in [3.63, 3.8) is 0 Å². The molecule has 0 atom stereocenters. The zero-order chi connectivity index (χ0) is 18.6. The number of rotatable bonds is 5. The lowest BCUT2D eigenvalue weighted by Gasteiger charge is -2.23. The Morgan fingerprint density at radius 1 is 1.16 bits per heavy atom. The molecule has 140 valence electrons. The van der Waals surface area contributed by atoms with Gasteiger partial charge < -0.3 is 9.64 Å². The Hall–Kier alpha value is -1.60. The van der Waals surface area contributed by atoms with Gasteiger partial charge in [0.25, 0.3) is 0 Å². The van der Waals surface area contributed by atoms with E-state index in [4.69, 9.17) is 4.74 Å². The van der Waals surface area contributed by atoms with Gasteiger partial charge in [0.2, 0.25) is 15.9 Å². The highest BCUT2D eigenvalue weighted by Gasteiger charge is 2.31. The zero-order valence-corrected chi connectivity index (χ0v) is 16.4. The summed E-state index contributed by atoms with van der Waals surface area (Å²) in [5.74, 6) is 0.500. The minimum atomic E-state index is -3.66. The number of methoxy groups -OCH3 is 1. The van der Waals surface area contributed by atoms with E-state index < -0.39 is 10.0 Å². The van der Waals surface area contributed by atoms with Crippen LogP contribution in [0.15, 0.2) is 17.0 Å². The first-order chi connectivity index (χ1) is 11.8. The number of amides is 1. The molecule has 25 heavy (non-hydrogen) atoms. The largest absolute Gasteiger partial charge is 0.495 e. The fourth-order valence-electron chi connectivity index (χ4n) is 3.26. The molecule has 1 aromatic carbocycles. The average Bonchev–Trinajstić information content (AvgIpc) is 2.81. The Morgan fingerprint density at radius 3 is 2.52 bits per heavy atom. The van der Waals surface area contributed by atoms with Crippen LogP contribution in [0.3, 0.4) is 0 Å². The van der Waals surface area contributed by atoms with Crippen LogP contribution in [0.5, 0.6) is 5.75 Å². The standard InChI is InChI=1S/C18H28N2O4S/c1-5-7-17(21)19-8-6-9-20(11-10-19)25(22,23)16-13-14(2)12-15(3)18(16)24-4/h12-13H,5-11H2,1-4H3. The maximum atomic E-state index is 13.2. The summed E-state index contributed by atoms with van der Waals surface area (Å²) in [6.45, 7) is 7.46. The monoisotopic (exact) mass is 368 g/mol. The molecule has 0 saturated carbocycles. The molecule has 0 spiro atoms. The van der Waals surface area contributed by atoms with E-state index in [0.717, 1.165) is 17.5 Å². The maximum absolute atomic E-state index is 13.2. The molecule has 0 aromatic heterocycles. The Labute approximate surface area is 150 Å². The molecule has 1 amide bonds. The number of nitrogens with zero attached hydrogens (tertiary/aromatic N) is 2. The summed E-state index contributed by atoms with van der Waals surface area (Å²) in [6, 6.07) is 3.57. The fourth-order valence-corrected chi connectivity index (χ4v) is 5.05. The summed E-state index contributed by atoms with van der Waals surface area (Å²) < 4.78 is 33.2. The van der Waals surface area contributed by atoms with Gasteiger partial charge in [0, 0.05) is 32.6 Å². The SMILES string of the molecule is CCCC(=O)N1CCCN(S(=O)(=O)c2cc(C)cc(C)c2OC)CC1. The number of sulfonamides is 1. The van der Waals surface area contributed by atoms with Crippen molar-refractivity contribution in [1.29, 1.82) is 0 Å².